The molecule has 0 aliphatic carbocycles. The Morgan fingerprint density at radius 3 is 2.50 bits per heavy atom. The molecule has 0 radical (unpaired) electrons. The van der Waals surface area contributed by atoms with E-state index >= 15 is 0 Å². The summed E-state index contributed by atoms with van der Waals surface area (Å²) in [6.45, 7) is 4.83. The predicted molar refractivity (Wildman–Crippen MR) is 90.9 cm³/mol. The van der Waals surface area contributed by atoms with E-state index in [9.17, 15) is 4.79 Å². The Bertz CT molecular complexity index is 447. The first-order valence-electron chi connectivity index (χ1n) is 7.49. The van der Waals surface area contributed by atoms with Gasteiger partial charge in [0, 0.05) is 32.7 Å². The minimum absolute atomic E-state index is 0. The molecule has 0 bridgehead atoms. The third kappa shape index (κ3) is 5.83. The number of amides is 1. The summed E-state index contributed by atoms with van der Waals surface area (Å²) in [5, 5.41) is 3.26. The Hall–Kier alpha value is -1.30. The number of hydrogen-bond acceptors (Lipinski definition) is 4. The molecule has 1 heterocycles. The van der Waals surface area contributed by atoms with Gasteiger partial charge in [-0.2, -0.15) is 0 Å². The number of carbonyl (C=O) groups excluding carboxylic acids is 1. The molecule has 1 saturated heterocycles. The van der Waals surface area contributed by atoms with Crippen LogP contribution in [0.2, 0.25) is 0 Å². The highest BCUT2D eigenvalue weighted by Crippen LogP contribution is 2.11. The SMILES string of the molecule is COc1ccc(CCN(C)CC(=O)N2CCNCC2)cc1.Cl. The number of nitrogens with zero attached hydrogens (tertiary/aromatic N) is 2. The molecule has 0 saturated carbocycles. The fourth-order valence-corrected chi connectivity index (χ4v) is 2.44. The van der Waals surface area contributed by atoms with Gasteiger partial charge in [0.05, 0.1) is 13.7 Å². The third-order valence-corrected chi connectivity index (χ3v) is 3.82. The fraction of sp³-hybridized carbons (Fsp3) is 0.562. The smallest absolute Gasteiger partial charge is 0.236 e. The van der Waals surface area contributed by atoms with Gasteiger partial charge in [-0.1, -0.05) is 12.1 Å². The fourth-order valence-electron chi connectivity index (χ4n) is 2.44. The Kier molecular flexibility index (Phi) is 8.24. The number of hydrogen-bond donors (Lipinski definition) is 1. The summed E-state index contributed by atoms with van der Waals surface area (Å²) < 4.78 is 5.15. The van der Waals surface area contributed by atoms with Crippen molar-refractivity contribution in [3.63, 3.8) is 0 Å². The van der Waals surface area contributed by atoms with Gasteiger partial charge < -0.3 is 15.0 Å². The molecule has 1 amide bonds. The monoisotopic (exact) mass is 327 g/mol. The van der Waals surface area contributed by atoms with Crippen LogP contribution >= 0.6 is 12.4 Å². The second kappa shape index (κ2) is 9.66. The number of nitrogens with one attached hydrogen (secondary N) is 1. The van der Waals surface area contributed by atoms with E-state index in [1.165, 1.54) is 5.56 Å². The number of piperazine rings is 1. The summed E-state index contributed by atoms with van der Waals surface area (Å²) in [5.41, 5.74) is 1.26. The van der Waals surface area contributed by atoms with Gasteiger partial charge in [-0.25, -0.2) is 0 Å². The molecule has 5 nitrogen and oxygen atoms in total. The number of rotatable bonds is 6. The van der Waals surface area contributed by atoms with Crippen molar-refractivity contribution in [3.05, 3.63) is 29.8 Å². The molecule has 124 valence electrons. The summed E-state index contributed by atoms with van der Waals surface area (Å²) in [5.74, 6) is 1.11. The molecule has 1 fully saturated rings. The van der Waals surface area contributed by atoms with Gasteiger partial charge in [0.15, 0.2) is 0 Å². The van der Waals surface area contributed by atoms with Gasteiger partial charge in [0.1, 0.15) is 5.75 Å². The standard InChI is InChI=1S/C16H25N3O2.ClH/c1-18(13-16(20)19-11-8-17-9-12-19)10-7-14-3-5-15(21-2)6-4-14;/h3-6,17H,7-13H2,1-2H3;1H. The summed E-state index contributed by atoms with van der Waals surface area (Å²) in [4.78, 5) is 16.2. The molecule has 0 spiro atoms. The zero-order valence-electron chi connectivity index (χ0n) is 13.4. The summed E-state index contributed by atoms with van der Waals surface area (Å²) in [7, 11) is 3.67. The van der Waals surface area contributed by atoms with Gasteiger partial charge in [-0.3, -0.25) is 9.69 Å². The molecular weight excluding hydrogens is 302 g/mol. The molecule has 0 unspecified atom stereocenters. The molecule has 2 rings (SSSR count). The van der Waals surface area contributed by atoms with Crippen molar-refractivity contribution in [1.82, 2.24) is 15.1 Å². The average molecular weight is 328 g/mol. The summed E-state index contributed by atoms with van der Waals surface area (Å²) in [6.07, 6.45) is 0.940. The van der Waals surface area contributed by atoms with Gasteiger partial charge in [0.25, 0.3) is 0 Å². The Morgan fingerprint density at radius 1 is 1.27 bits per heavy atom. The highest BCUT2D eigenvalue weighted by molar-refractivity contribution is 5.85. The second-order valence-electron chi connectivity index (χ2n) is 5.47. The predicted octanol–water partition coefficient (Wildman–Crippen LogP) is 1.02. The van der Waals surface area contributed by atoms with Crippen LogP contribution in [0.4, 0.5) is 0 Å². The molecule has 1 aliphatic rings. The molecule has 1 N–H and O–H groups in total. The Balaban J connectivity index is 0.00000242. The summed E-state index contributed by atoms with van der Waals surface area (Å²) >= 11 is 0. The Labute approximate surface area is 139 Å². The van der Waals surface area contributed by atoms with Crippen molar-refractivity contribution < 1.29 is 9.53 Å². The maximum Gasteiger partial charge on any atom is 0.236 e. The number of benzene rings is 1. The van der Waals surface area contributed by atoms with Crippen LogP contribution in [0.5, 0.6) is 5.75 Å². The molecule has 1 aromatic rings. The van der Waals surface area contributed by atoms with E-state index in [2.05, 4.69) is 22.3 Å². The van der Waals surface area contributed by atoms with E-state index < -0.39 is 0 Å². The first-order valence-corrected chi connectivity index (χ1v) is 7.49. The van der Waals surface area contributed by atoms with Gasteiger partial charge in [0.2, 0.25) is 5.91 Å². The van der Waals surface area contributed by atoms with Crippen LogP contribution in [0, 0.1) is 0 Å². The van der Waals surface area contributed by atoms with Crippen LogP contribution in [0.25, 0.3) is 0 Å². The van der Waals surface area contributed by atoms with Crippen LogP contribution in [-0.4, -0.2) is 69.1 Å². The van der Waals surface area contributed by atoms with Crippen LogP contribution < -0.4 is 10.1 Å². The molecule has 1 aliphatic heterocycles. The lowest BCUT2D eigenvalue weighted by Gasteiger charge is -2.29. The van der Waals surface area contributed by atoms with E-state index in [0.717, 1.165) is 44.9 Å². The first kappa shape index (κ1) is 18.7. The lowest BCUT2D eigenvalue weighted by atomic mass is 10.1. The van der Waals surface area contributed by atoms with Crippen molar-refractivity contribution in [1.29, 1.82) is 0 Å². The third-order valence-electron chi connectivity index (χ3n) is 3.82. The maximum absolute atomic E-state index is 12.1. The van der Waals surface area contributed by atoms with Gasteiger partial charge >= 0.3 is 0 Å². The van der Waals surface area contributed by atoms with Crippen molar-refractivity contribution in [2.24, 2.45) is 0 Å². The van der Waals surface area contributed by atoms with Crippen LogP contribution in [0.3, 0.4) is 0 Å². The van der Waals surface area contributed by atoms with E-state index in [4.69, 9.17) is 4.74 Å². The lowest BCUT2D eigenvalue weighted by Crippen LogP contribution is -2.49. The van der Waals surface area contributed by atoms with Crippen molar-refractivity contribution >= 4 is 18.3 Å². The zero-order chi connectivity index (χ0) is 15.1. The molecule has 1 aromatic carbocycles. The number of ether oxygens (including phenoxy) is 1. The van der Waals surface area contributed by atoms with Gasteiger partial charge in [-0.15, -0.1) is 12.4 Å². The highest BCUT2D eigenvalue weighted by atomic mass is 35.5. The van der Waals surface area contributed by atoms with Crippen LogP contribution in [0.1, 0.15) is 5.56 Å². The number of halogens is 1. The van der Waals surface area contributed by atoms with Crippen molar-refractivity contribution in [3.8, 4) is 5.75 Å². The number of likely N-dealkylation sites (N-methyl/N-ethyl adjacent to an activating group) is 1. The lowest BCUT2D eigenvalue weighted by molar-refractivity contribution is -0.132. The topological polar surface area (TPSA) is 44.8 Å². The summed E-state index contributed by atoms with van der Waals surface area (Å²) in [6, 6.07) is 8.10. The first-order chi connectivity index (χ1) is 10.2. The van der Waals surface area contributed by atoms with Crippen molar-refractivity contribution in [2.75, 3.05) is 53.4 Å². The molecule has 6 heteroatoms. The van der Waals surface area contributed by atoms with Gasteiger partial charge in [-0.05, 0) is 31.2 Å². The minimum Gasteiger partial charge on any atom is -0.497 e. The maximum atomic E-state index is 12.1. The Morgan fingerprint density at radius 2 is 1.91 bits per heavy atom. The highest BCUT2D eigenvalue weighted by Gasteiger charge is 2.17. The van der Waals surface area contributed by atoms with E-state index in [0.29, 0.717) is 6.54 Å². The quantitative estimate of drug-likeness (QED) is 0.847. The minimum atomic E-state index is 0. The van der Waals surface area contributed by atoms with Crippen LogP contribution in [-0.2, 0) is 11.2 Å². The molecule has 0 aromatic heterocycles. The van der Waals surface area contributed by atoms with E-state index in [1.54, 1.807) is 7.11 Å². The second-order valence-corrected chi connectivity index (χ2v) is 5.47. The normalized spacial score (nSPS) is 14.6. The molecule has 0 atom stereocenters. The zero-order valence-corrected chi connectivity index (χ0v) is 14.2. The number of methoxy groups -OCH3 is 1. The average Bonchev–Trinajstić information content (AvgIpc) is 2.54. The molecular formula is C16H26ClN3O2. The van der Waals surface area contributed by atoms with Crippen molar-refractivity contribution in [2.45, 2.75) is 6.42 Å². The van der Waals surface area contributed by atoms with E-state index in [-0.39, 0.29) is 18.3 Å². The molecule has 22 heavy (non-hydrogen) atoms. The van der Waals surface area contributed by atoms with Crippen LogP contribution in [0.15, 0.2) is 24.3 Å². The number of carbonyl (C=O) groups is 1. The largest absolute Gasteiger partial charge is 0.497 e. The van der Waals surface area contributed by atoms with E-state index in [1.807, 2.05) is 24.1 Å².